The van der Waals surface area contributed by atoms with Crippen LogP contribution in [-0.2, 0) is 6.54 Å². The Morgan fingerprint density at radius 1 is 1.12 bits per heavy atom. The van der Waals surface area contributed by atoms with Gasteiger partial charge in [0, 0.05) is 12.4 Å². The van der Waals surface area contributed by atoms with Gasteiger partial charge < -0.3 is 5.32 Å². The standard InChI is InChI=1S/C10H9N7/c1-2-8(13-5-9-14-6-15-17-9)16-10-7(1)11-3-4-12-10/h1-4,6H,5H2,(H,12,13,16)(H,14,15,17). The molecule has 0 atom stereocenters. The highest BCUT2D eigenvalue weighted by Crippen LogP contribution is 2.10. The Hall–Kier alpha value is -2.57. The van der Waals surface area contributed by atoms with Crippen LogP contribution in [0.3, 0.4) is 0 Å². The van der Waals surface area contributed by atoms with E-state index in [0.717, 1.165) is 17.2 Å². The molecule has 0 spiro atoms. The van der Waals surface area contributed by atoms with Crippen LogP contribution in [0.1, 0.15) is 5.82 Å². The lowest BCUT2D eigenvalue weighted by Crippen LogP contribution is -2.03. The first-order valence-corrected chi connectivity index (χ1v) is 5.08. The van der Waals surface area contributed by atoms with Gasteiger partial charge in [-0.15, -0.1) is 0 Å². The maximum absolute atomic E-state index is 4.33. The van der Waals surface area contributed by atoms with E-state index in [1.54, 1.807) is 12.4 Å². The lowest BCUT2D eigenvalue weighted by Gasteiger charge is -2.03. The van der Waals surface area contributed by atoms with E-state index in [1.165, 1.54) is 6.33 Å². The van der Waals surface area contributed by atoms with Crippen LogP contribution in [0.5, 0.6) is 0 Å². The predicted molar refractivity (Wildman–Crippen MR) is 61.0 cm³/mol. The monoisotopic (exact) mass is 227 g/mol. The predicted octanol–water partition coefficient (Wildman–Crippen LogP) is 0.755. The topological polar surface area (TPSA) is 92.3 Å². The molecule has 0 aromatic carbocycles. The van der Waals surface area contributed by atoms with Crippen molar-refractivity contribution in [2.75, 3.05) is 5.32 Å². The third kappa shape index (κ3) is 2.03. The highest BCUT2D eigenvalue weighted by Gasteiger charge is 2.00. The van der Waals surface area contributed by atoms with Crippen LogP contribution in [-0.4, -0.2) is 30.1 Å². The molecule has 0 amide bonds. The van der Waals surface area contributed by atoms with Gasteiger partial charge in [0.05, 0.1) is 6.54 Å². The Labute approximate surface area is 96.4 Å². The summed E-state index contributed by atoms with van der Waals surface area (Å²) in [6, 6.07) is 3.73. The smallest absolute Gasteiger partial charge is 0.180 e. The fourth-order valence-corrected chi connectivity index (χ4v) is 1.44. The van der Waals surface area contributed by atoms with Crippen LogP contribution < -0.4 is 5.32 Å². The number of H-pyrrole nitrogens is 1. The summed E-state index contributed by atoms with van der Waals surface area (Å²) in [5.74, 6) is 1.49. The maximum Gasteiger partial charge on any atom is 0.180 e. The largest absolute Gasteiger partial charge is 0.363 e. The summed E-state index contributed by atoms with van der Waals surface area (Å²) in [7, 11) is 0. The number of hydrogen-bond acceptors (Lipinski definition) is 6. The molecule has 3 heterocycles. The number of aromatic nitrogens is 6. The molecule has 0 aliphatic heterocycles. The molecule has 0 aliphatic rings. The van der Waals surface area contributed by atoms with Gasteiger partial charge in [-0.25, -0.2) is 15.0 Å². The Balaban J connectivity index is 1.81. The van der Waals surface area contributed by atoms with Crippen molar-refractivity contribution in [2.45, 2.75) is 6.54 Å². The van der Waals surface area contributed by atoms with Crippen LogP contribution >= 0.6 is 0 Å². The van der Waals surface area contributed by atoms with E-state index < -0.39 is 0 Å². The first-order valence-electron chi connectivity index (χ1n) is 5.08. The van der Waals surface area contributed by atoms with Gasteiger partial charge in [-0.05, 0) is 12.1 Å². The lowest BCUT2D eigenvalue weighted by atomic mass is 10.4. The second kappa shape index (κ2) is 4.12. The van der Waals surface area contributed by atoms with Crippen molar-refractivity contribution in [3.05, 3.63) is 36.7 Å². The van der Waals surface area contributed by atoms with Crippen LogP contribution in [0.4, 0.5) is 5.82 Å². The Morgan fingerprint density at radius 3 is 2.94 bits per heavy atom. The molecule has 0 saturated heterocycles. The van der Waals surface area contributed by atoms with Gasteiger partial charge in [-0.2, -0.15) is 5.10 Å². The van der Waals surface area contributed by atoms with Crippen molar-refractivity contribution in [1.29, 1.82) is 0 Å². The Bertz CT molecular complexity index is 619. The minimum Gasteiger partial charge on any atom is -0.363 e. The molecular weight excluding hydrogens is 218 g/mol. The van der Waals surface area contributed by atoms with Gasteiger partial charge >= 0.3 is 0 Å². The number of fused-ring (bicyclic) bond motifs is 1. The normalized spacial score (nSPS) is 10.6. The van der Waals surface area contributed by atoms with Gasteiger partial charge in [-0.3, -0.25) is 10.1 Å². The van der Waals surface area contributed by atoms with E-state index in [9.17, 15) is 0 Å². The van der Waals surface area contributed by atoms with Gasteiger partial charge in [0.15, 0.2) is 5.65 Å². The third-order valence-corrected chi connectivity index (χ3v) is 2.23. The zero-order chi connectivity index (χ0) is 11.5. The summed E-state index contributed by atoms with van der Waals surface area (Å²) in [4.78, 5) is 16.6. The average molecular weight is 227 g/mol. The third-order valence-electron chi connectivity index (χ3n) is 2.23. The van der Waals surface area contributed by atoms with E-state index in [-0.39, 0.29) is 0 Å². The fraction of sp³-hybridized carbons (Fsp3) is 0.100. The number of rotatable bonds is 3. The molecule has 7 heteroatoms. The van der Waals surface area contributed by atoms with Crippen molar-refractivity contribution in [3.63, 3.8) is 0 Å². The Kier molecular flexibility index (Phi) is 2.34. The number of aromatic amines is 1. The fourth-order valence-electron chi connectivity index (χ4n) is 1.44. The van der Waals surface area contributed by atoms with Crippen LogP contribution in [0, 0.1) is 0 Å². The molecule has 3 aromatic rings. The molecular formula is C10H9N7. The summed E-state index contributed by atoms with van der Waals surface area (Å²) in [6.07, 6.45) is 4.73. The van der Waals surface area contributed by atoms with Gasteiger partial charge in [0.2, 0.25) is 0 Å². The first-order chi connectivity index (χ1) is 8.42. The molecule has 84 valence electrons. The minimum atomic E-state index is 0.540. The zero-order valence-electron chi connectivity index (χ0n) is 8.83. The van der Waals surface area contributed by atoms with E-state index in [4.69, 9.17) is 0 Å². The van der Waals surface area contributed by atoms with Gasteiger partial charge in [-0.1, -0.05) is 0 Å². The minimum absolute atomic E-state index is 0.540. The second-order valence-corrected chi connectivity index (χ2v) is 3.38. The molecule has 0 fully saturated rings. The van der Waals surface area contributed by atoms with Gasteiger partial charge in [0.25, 0.3) is 0 Å². The highest BCUT2D eigenvalue weighted by atomic mass is 15.2. The number of nitrogens with one attached hydrogen (secondary N) is 2. The van der Waals surface area contributed by atoms with Crippen LogP contribution in [0.2, 0.25) is 0 Å². The molecule has 0 radical (unpaired) electrons. The van der Waals surface area contributed by atoms with Crippen LogP contribution in [0.15, 0.2) is 30.9 Å². The van der Waals surface area contributed by atoms with E-state index >= 15 is 0 Å². The maximum atomic E-state index is 4.33. The van der Waals surface area contributed by atoms with Gasteiger partial charge in [0.1, 0.15) is 23.5 Å². The molecule has 0 unspecified atom stereocenters. The Morgan fingerprint density at radius 2 is 2.06 bits per heavy atom. The molecule has 2 N–H and O–H groups in total. The van der Waals surface area contributed by atoms with Crippen molar-refractivity contribution >= 4 is 17.0 Å². The number of nitrogens with zero attached hydrogens (tertiary/aromatic N) is 5. The second-order valence-electron chi connectivity index (χ2n) is 3.38. The van der Waals surface area contributed by atoms with Crippen molar-refractivity contribution in [3.8, 4) is 0 Å². The molecule has 0 aliphatic carbocycles. The molecule has 0 saturated carbocycles. The van der Waals surface area contributed by atoms with Crippen LogP contribution in [0.25, 0.3) is 11.2 Å². The molecule has 3 rings (SSSR count). The summed E-state index contributed by atoms with van der Waals surface area (Å²) in [6.45, 7) is 0.540. The summed E-state index contributed by atoms with van der Waals surface area (Å²) in [5.41, 5.74) is 1.40. The zero-order valence-corrected chi connectivity index (χ0v) is 8.83. The van der Waals surface area contributed by atoms with E-state index in [0.29, 0.717) is 12.2 Å². The number of pyridine rings is 1. The molecule has 3 aromatic heterocycles. The molecule has 7 nitrogen and oxygen atoms in total. The molecule has 0 bridgehead atoms. The summed E-state index contributed by atoms with van der Waals surface area (Å²) >= 11 is 0. The van der Waals surface area contributed by atoms with E-state index in [2.05, 4.69) is 35.5 Å². The number of hydrogen-bond donors (Lipinski definition) is 2. The summed E-state index contributed by atoms with van der Waals surface area (Å²) in [5, 5.41) is 9.66. The summed E-state index contributed by atoms with van der Waals surface area (Å²) < 4.78 is 0. The highest BCUT2D eigenvalue weighted by molar-refractivity contribution is 5.71. The van der Waals surface area contributed by atoms with Crippen molar-refractivity contribution < 1.29 is 0 Å². The quantitative estimate of drug-likeness (QED) is 0.686. The lowest BCUT2D eigenvalue weighted by molar-refractivity contribution is 0.948. The number of anilines is 1. The SMILES string of the molecule is c1n[nH]c(CNc2ccc3nccnc3n2)n1. The average Bonchev–Trinajstić information content (AvgIpc) is 2.89. The first kappa shape index (κ1) is 9.64. The van der Waals surface area contributed by atoms with Crippen molar-refractivity contribution in [2.24, 2.45) is 0 Å². The van der Waals surface area contributed by atoms with Crippen molar-refractivity contribution in [1.82, 2.24) is 30.1 Å². The van der Waals surface area contributed by atoms with E-state index in [1.807, 2.05) is 12.1 Å². The molecule has 17 heavy (non-hydrogen) atoms.